The molecule has 1 fully saturated rings. The van der Waals surface area contributed by atoms with Gasteiger partial charge in [0.05, 0.1) is 0 Å². The molecule has 0 bridgehead atoms. The second kappa shape index (κ2) is 5.25. The van der Waals surface area contributed by atoms with Crippen LogP contribution in [0.5, 0.6) is 0 Å². The maximum atomic E-state index is 11.6. The first-order chi connectivity index (χ1) is 6.20. The molecule has 0 saturated carbocycles. The van der Waals surface area contributed by atoms with Crippen molar-refractivity contribution in [2.75, 3.05) is 13.1 Å². The molecule has 0 aromatic rings. The van der Waals surface area contributed by atoms with Crippen molar-refractivity contribution >= 4 is 5.91 Å². The molecule has 0 spiro atoms. The molecule has 0 N–H and O–H groups in total. The van der Waals surface area contributed by atoms with Gasteiger partial charge in [0, 0.05) is 19.5 Å². The van der Waals surface area contributed by atoms with Gasteiger partial charge in [-0.25, -0.2) is 0 Å². The summed E-state index contributed by atoms with van der Waals surface area (Å²) < 4.78 is 0. The second-order valence-electron chi connectivity index (χ2n) is 4.37. The number of carbonyl (C=O) groups excluding carboxylic acids is 1. The molecule has 0 aromatic carbocycles. The van der Waals surface area contributed by atoms with Crippen molar-refractivity contribution in [3.05, 3.63) is 0 Å². The van der Waals surface area contributed by atoms with Crippen molar-refractivity contribution in [2.45, 2.75) is 46.0 Å². The topological polar surface area (TPSA) is 20.3 Å². The minimum absolute atomic E-state index is 0.373. The normalized spacial score (nSPS) is 19.3. The van der Waals surface area contributed by atoms with Gasteiger partial charge < -0.3 is 4.90 Å². The summed E-state index contributed by atoms with van der Waals surface area (Å²) in [4.78, 5) is 13.6. The molecule has 1 aliphatic heterocycles. The van der Waals surface area contributed by atoms with Gasteiger partial charge in [-0.05, 0) is 25.2 Å². The molecule has 0 atom stereocenters. The third-order valence-electron chi connectivity index (χ3n) is 2.65. The first-order valence-corrected chi connectivity index (χ1v) is 5.48. The van der Waals surface area contributed by atoms with E-state index < -0.39 is 0 Å². The summed E-state index contributed by atoms with van der Waals surface area (Å²) >= 11 is 0. The van der Waals surface area contributed by atoms with Crippen LogP contribution in [-0.2, 0) is 4.79 Å². The summed E-state index contributed by atoms with van der Waals surface area (Å²) in [6.07, 6.45) is 5.44. The third-order valence-corrected chi connectivity index (χ3v) is 2.65. The van der Waals surface area contributed by atoms with E-state index in [9.17, 15) is 4.79 Å². The minimum Gasteiger partial charge on any atom is -0.343 e. The lowest BCUT2D eigenvalue weighted by Crippen LogP contribution is -2.31. The van der Waals surface area contributed by atoms with Crippen molar-refractivity contribution in [3.63, 3.8) is 0 Å². The van der Waals surface area contributed by atoms with Crippen molar-refractivity contribution in [3.8, 4) is 0 Å². The highest BCUT2D eigenvalue weighted by molar-refractivity contribution is 5.76. The first kappa shape index (κ1) is 10.6. The Morgan fingerprint density at radius 3 is 2.77 bits per heavy atom. The lowest BCUT2D eigenvalue weighted by Gasteiger charge is -2.21. The van der Waals surface area contributed by atoms with Gasteiger partial charge in [-0.1, -0.05) is 20.3 Å². The van der Waals surface area contributed by atoms with E-state index in [1.54, 1.807) is 0 Å². The Morgan fingerprint density at radius 2 is 2.08 bits per heavy atom. The van der Waals surface area contributed by atoms with Gasteiger partial charge in [-0.15, -0.1) is 0 Å². The number of hydrogen-bond acceptors (Lipinski definition) is 1. The molecule has 1 aliphatic rings. The summed E-state index contributed by atoms with van der Waals surface area (Å²) in [6, 6.07) is 0. The van der Waals surface area contributed by atoms with Gasteiger partial charge in [0.25, 0.3) is 0 Å². The van der Waals surface area contributed by atoms with Crippen LogP contribution >= 0.6 is 0 Å². The van der Waals surface area contributed by atoms with Gasteiger partial charge in [-0.2, -0.15) is 0 Å². The summed E-state index contributed by atoms with van der Waals surface area (Å²) in [5.74, 6) is 1.08. The summed E-state index contributed by atoms with van der Waals surface area (Å²) in [5.41, 5.74) is 0. The molecule has 2 heteroatoms. The Hall–Kier alpha value is -0.530. The van der Waals surface area contributed by atoms with Gasteiger partial charge in [0.15, 0.2) is 0 Å². The average molecular weight is 183 g/mol. The highest BCUT2D eigenvalue weighted by Crippen LogP contribution is 2.12. The van der Waals surface area contributed by atoms with Gasteiger partial charge in [0.1, 0.15) is 0 Å². The Labute approximate surface area is 81.3 Å². The summed E-state index contributed by atoms with van der Waals surface area (Å²) in [7, 11) is 0. The number of rotatable bonds is 3. The maximum absolute atomic E-state index is 11.6. The van der Waals surface area contributed by atoms with E-state index in [0.29, 0.717) is 11.8 Å². The number of likely N-dealkylation sites (tertiary alicyclic amines) is 1. The fourth-order valence-corrected chi connectivity index (χ4v) is 1.69. The minimum atomic E-state index is 0.373. The second-order valence-corrected chi connectivity index (χ2v) is 4.37. The zero-order valence-corrected chi connectivity index (χ0v) is 8.88. The highest BCUT2D eigenvalue weighted by atomic mass is 16.2. The van der Waals surface area contributed by atoms with Crippen LogP contribution in [0, 0.1) is 5.92 Å². The van der Waals surface area contributed by atoms with Crippen molar-refractivity contribution < 1.29 is 4.79 Å². The number of nitrogens with zero attached hydrogens (tertiary/aromatic N) is 1. The molecule has 0 aliphatic carbocycles. The molecule has 1 heterocycles. The van der Waals surface area contributed by atoms with E-state index in [0.717, 1.165) is 32.4 Å². The van der Waals surface area contributed by atoms with E-state index in [2.05, 4.69) is 13.8 Å². The molecule has 2 nitrogen and oxygen atoms in total. The van der Waals surface area contributed by atoms with Crippen LogP contribution in [0.3, 0.4) is 0 Å². The van der Waals surface area contributed by atoms with Gasteiger partial charge >= 0.3 is 0 Å². The van der Waals surface area contributed by atoms with Gasteiger partial charge in [-0.3, -0.25) is 4.79 Å². The molecule has 76 valence electrons. The van der Waals surface area contributed by atoms with Crippen LogP contribution in [0.15, 0.2) is 0 Å². The fraction of sp³-hybridized carbons (Fsp3) is 0.909. The average Bonchev–Trinajstić information content (AvgIpc) is 2.27. The zero-order chi connectivity index (χ0) is 9.68. The predicted molar refractivity (Wildman–Crippen MR) is 54.5 cm³/mol. The molecule has 13 heavy (non-hydrogen) atoms. The third kappa shape index (κ3) is 3.79. The van der Waals surface area contributed by atoms with Crippen LogP contribution in [0.25, 0.3) is 0 Å². The lowest BCUT2D eigenvalue weighted by molar-refractivity contribution is -0.130. The Balaban J connectivity index is 2.32. The smallest absolute Gasteiger partial charge is 0.222 e. The maximum Gasteiger partial charge on any atom is 0.222 e. The van der Waals surface area contributed by atoms with Crippen LogP contribution in [-0.4, -0.2) is 23.9 Å². The summed E-state index contributed by atoms with van der Waals surface area (Å²) in [5, 5.41) is 0. The Bertz CT molecular complexity index is 165. The monoisotopic (exact) mass is 183 g/mol. The highest BCUT2D eigenvalue weighted by Gasteiger charge is 2.15. The van der Waals surface area contributed by atoms with Crippen LogP contribution < -0.4 is 0 Å². The van der Waals surface area contributed by atoms with Gasteiger partial charge in [0.2, 0.25) is 5.91 Å². The largest absolute Gasteiger partial charge is 0.343 e. The Morgan fingerprint density at radius 1 is 1.31 bits per heavy atom. The van der Waals surface area contributed by atoms with E-state index in [-0.39, 0.29) is 0 Å². The van der Waals surface area contributed by atoms with E-state index in [1.165, 1.54) is 12.8 Å². The van der Waals surface area contributed by atoms with E-state index in [1.807, 2.05) is 4.90 Å². The summed E-state index contributed by atoms with van der Waals surface area (Å²) in [6.45, 7) is 6.38. The quantitative estimate of drug-likeness (QED) is 0.658. The fourth-order valence-electron chi connectivity index (χ4n) is 1.69. The molecule has 0 unspecified atom stereocenters. The van der Waals surface area contributed by atoms with E-state index in [4.69, 9.17) is 0 Å². The molecule has 0 radical (unpaired) electrons. The molecular formula is C11H21NO. The number of hydrogen-bond donors (Lipinski definition) is 0. The lowest BCUT2D eigenvalue weighted by atomic mass is 10.1. The van der Waals surface area contributed by atoms with Crippen LogP contribution in [0.2, 0.25) is 0 Å². The molecular weight excluding hydrogens is 162 g/mol. The molecule has 1 amide bonds. The first-order valence-electron chi connectivity index (χ1n) is 5.48. The predicted octanol–water partition coefficient (Wildman–Crippen LogP) is 2.44. The Kier molecular flexibility index (Phi) is 4.26. The molecule has 1 saturated heterocycles. The van der Waals surface area contributed by atoms with Crippen molar-refractivity contribution in [1.29, 1.82) is 0 Å². The zero-order valence-electron chi connectivity index (χ0n) is 8.88. The standard InChI is InChI=1S/C11H21NO/c1-10(2)7-9-12-8-5-3-4-6-11(12)13/h10H,3-9H2,1-2H3. The molecule has 0 aromatic heterocycles. The van der Waals surface area contributed by atoms with Crippen LogP contribution in [0.1, 0.15) is 46.0 Å². The SMILES string of the molecule is CC(C)CCN1CCCCCC1=O. The van der Waals surface area contributed by atoms with Crippen molar-refractivity contribution in [1.82, 2.24) is 4.90 Å². The van der Waals surface area contributed by atoms with Crippen molar-refractivity contribution in [2.24, 2.45) is 5.92 Å². The number of carbonyl (C=O) groups is 1. The molecule has 1 rings (SSSR count). The van der Waals surface area contributed by atoms with Crippen LogP contribution in [0.4, 0.5) is 0 Å². The number of amides is 1. The van der Waals surface area contributed by atoms with E-state index >= 15 is 0 Å².